The number of fused-ring (bicyclic) bond motifs is 3. The fraction of sp³-hybridized carbons (Fsp3) is 0.304. The largest absolute Gasteiger partial charge is 0.450 e. The number of amides is 2. The summed E-state index contributed by atoms with van der Waals surface area (Å²) < 4.78 is 9.76. The van der Waals surface area contributed by atoms with Crippen LogP contribution in [0.4, 0.5) is 21.0 Å². The van der Waals surface area contributed by atoms with Crippen LogP contribution in [0.5, 0.6) is 0 Å². The topological polar surface area (TPSA) is 144 Å². The molecule has 0 bridgehead atoms. The Morgan fingerprint density at radius 2 is 1.20 bits per heavy atom. The van der Waals surface area contributed by atoms with Crippen LogP contribution in [-0.2, 0) is 25.6 Å². The monoisotopic (exact) mass is 484 g/mol. The Hall–Kier alpha value is -4.16. The molecular formula is C23H28N6O6. The fourth-order valence-corrected chi connectivity index (χ4v) is 3.45. The highest BCUT2D eigenvalue weighted by Crippen LogP contribution is 2.39. The second-order valence-corrected chi connectivity index (χ2v) is 7.08. The van der Waals surface area contributed by atoms with Crippen molar-refractivity contribution >= 4 is 35.5 Å². The highest BCUT2D eigenvalue weighted by atomic mass is 16.6. The molecule has 1 aliphatic carbocycles. The van der Waals surface area contributed by atoms with Gasteiger partial charge in [-0.05, 0) is 66.8 Å². The van der Waals surface area contributed by atoms with Crippen molar-refractivity contribution in [2.75, 3.05) is 27.4 Å². The Morgan fingerprint density at radius 3 is 1.57 bits per heavy atom. The number of aliphatic imine (C=N–C) groups is 2. The van der Waals surface area contributed by atoms with E-state index < -0.39 is 12.2 Å². The van der Waals surface area contributed by atoms with Crippen LogP contribution in [0.2, 0.25) is 0 Å². The Balaban J connectivity index is 1.81. The maximum absolute atomic E-state index is 11.7. The number of alkyl carbamates (subject to hydrolysis) is 2. The first kappa shape index (κ1) is 25.5. The predicted octanol–water partition coefficient (Wildman–Crippen LogP) is 3.03. The van der Waals surface area contributed by atoms with Crippen LogP contribution < -0.4 is 21.6 Å². The molecule has 0 fully saturated rings. The van der Waals surface area contributed by atoms with Crippen LogP contribution in [0.25, 0.3) is 11.1 Å². The van der Waals surface area contributed by atoms with Crippen molar-refractivity contribution in [3.8, 4) is 11.1 Å². The molecule has 186 valence electrons. The molecule has 0 radical (unpaired) electrons. The maximum Gasteiger partial charge on any atom is 0.414 e. The standard InChI is InChI=1S/C23H28N6O6/c1-5-34-22(30)26-20(28-32-3)24-16-7-9-18-14(12-16)11-15-13-17(8-10-19(15)18)25-21(29-33-4)27-23(31)35-6-2/h7-10,12-13H,5-6,11H2,1-4H3,(H2,24,26,28,30)(H2,25,27,29,31). The number of hydroxylamine groups is 2. The SMILES string of the molecule is CCOC(=O)NC(=Nc1ccc2c(c1)Cc1cc(N=C(NOC)NC(=O)OCC)ccc1-2)NOC. The van der Waals surface area contributed by atoms with Crippen molar-refractivity contribution in [3.63, 3.8) is 0 Å². The average molecular weight is 485 g/mol. The number of hydrogen-bond donors (Lipinski definition) is 4. The lowest BCUT2D eigenvalue weighted by atomic mass is 10.1. The summed E-state index contributed by atoms with van der Waals surface area (Å²) in [4.78, 5) is 42.0. The Bertz CT molecular complexity index is 1050. The summed E-state index contributed by atoms with van der Waals surface area (Å²) in [7, 11) is 2.83. The summed E-state index contributed by atoms with van der Waals surface area (Å²) >= 11 is 0. The van der Waals surface area contributed by atoms with E-state index in [-0.39, 0.29) is 25.1 Å². The summed E-state index contributed by atoms with van der Waals surface area (Å²) in [5.74, 6) is 0.204. The molecule has 1 aliphatic rings. The molecule has 2 aromatic rings. The number of carbonyl (C=O) groups excluding carboxylic acids is 2. The van der Waals surface area contributed by atoms with Crippen molar-refractivity contribution in [1.29, 1.82) is 0 Å². The van der Waals surface area contributed by atoms with Crippen LogP contribution >= 0.6 is 0 Å². The first-order chi connectivity index (χ1) is 17.0. The van der Waals surface area contributed by atoms with Crippen LogP contribution in [0, 0.1) is 0 Å². The van der Waals surface area contributed by atoms with E-state index in [2.05, 4.69) is 31.6 Å². The molecule has 12 heteroatoms. The minimum absolute atomic E-state index is 0.102. The minimum Gasteiger partial charge on any atom is -0.450 e. The number of hydrogen-bond acceptors (Lipinski definition) is 8. The van der Waals surface area contributed by atoms with Crippen LogP contribution in [0.15, 0.2) is 46.4 Å². The van der Waals surface area contributed by atoms with E-state index in [1.807, 2.05) is 36.4 Å². The van der Waals surface area contributed by atoms with Gasteiger partial charge in [-0.1, -0.05) is 12.1 Å². The third kappa shape index (κ3) is 6.91. The molecule has 4 N–H and O–H groups in total. The van der Waals surface area contributed by atoms with E-state index in [9.17, 15) is 9.59 Å². The molecule has 0 aromatic heterocycles. The van der Waals surface area contributed by atoms with Gasteiger partial charge in [-0.3, -0.25) is 20.3 Å². The molecule has 0 heterocycles. The molecule has 0 atom stereocenters. The smallest absolute Gasteiger partial charge is 0.414 e. The van der Waals surface area contributed by atoms with Crippen LogP contribution in [0.3, 0.4) is 0 Å². The van der Waals surface area contributed by atoms with Gasteiger partial charge in [0.05, 0.1) is 38.8 Å². The van der Waals surface area contributed by atoms with Crippen molar-refractivity contribution < 1.29 is 28.7 Å². The van der Waals surface area contributed by atoms with Gasteiger partial charge in [-0.15, -0.1) is 0 Å². The Labute approximate surface area is 202 Å². The zero-order chi connectivity index (χ0) is 25.2. The molecule has 0 unspecified atom stereocenters. The molecule has 2 amide bonds. The third-order valence-electron chi connectivity index (χ3n) is 4.72. The molecule has 2 aromatic carbocycles. The number of ether oxygens (including phenoxy) is 2. The third-order valence-corrected chi connectivity index (χ3v) is 4.72. The van der Waals surface area contributed by atoms with Gasteiger partial charge in [0, 0.05) is 0 Å². The van der Waals surface area contributed by atoms with E-state index in [0.29, 0.717) is 17.8 Å². The molecule has 0 saturated heterocycles. The second kappa shape index (κ2) is 12.3. The van der Waals surface area contributed by atoms with Crippen LogP contribution in [-0.4, -0.2) is 51.5 Å². The normalized spacial score (nSPS) is 12.3. The van der Waals surface area contributed by atoms with Gasteiger partial charge >= 0.3 is 12.2 Å². The minimum atomic E-state index is -0.641. The fourth-order valence-electron chi connectivity index (χ4n) is 3.45. The van der Waals surface area contributed by atoms with Crippen molar-refractivity contribution in [2.45, 2.75) is 20.3 Å². The van der Waals surface area contributed by atoms with E-state index in [0.717, 1.165) is 22.3 Å². The zero-order valence-electron chi connectivity index (χ0n) is 19.9. The highest BCUT2D eigenvalue weighted by Gasteiger charge is 2.19. The number of benzene rings is 2. The average Bonchev–Trinajstić information content (AvgIpc) is 3.16. The highest BCUT2D eigenvalue weighted by molar-refractivity contribution is 5.95. The van der Waals surface area contributed by atoms with Gasteiger partial charge in [0.25, 0.3) is 0 Å². The molecule has 0 aliphatic heterocycles. The van der Waals surface area contributed by atoms with Gasteiger partial charge in [0.2, 0.25) is 11.9 Å². The van der Waals surface area contributed by atoms with Gasteiger partial charge in [-0.2, -0.15) is 0 Å². The van der Waals surface area contributed by atoms with E-state index >= 15 is 0 Å². The van der Waals surface area contributed by atoms with E-state index in [1.54, 1.807) is 13.8 Å². The number of guanidine groups is 2. The first-order valence-electron chi connectivity index (χ1n) is 10.9. The van der Waals surface area contributed by atoms with Gasteiger partial charge < -0.3 is 9.47 Å². The zero-order valence-corrected chi connectivity index (χ0v) is 19.9. The number of nitrogens with zero attached hydrogens (tertiary/aromatic N) is 2. The lowest BCUT2D eigenvalue weighted by Crippen LogP contribution is -2.40. The van der Waals surface area contributed by atoms with Gasteiger partial charge in [-0.25, -0.2) is 30.5 Å². The molecule has 0 spiro atoms. The Morgan fingerprint density at radius 1 is 0.771 bits per heavy atom. The molecule has 12 nitrogen and oxygen atoms in total. The quantitative estimate of drug-likeness (QED) is 0.237. The van der Waals surface area contributed by atoms with Crippen molar-refractivity contribution in [1.82, 2.24) is 21.6 Å². The maximum atomic E-state index is 11.7. The van der Waals surface area contributed by atoms with E-state index in [1.165, 1.54) is 14.2 Å². The lowest BCUT2D eigenvalue weighted by molar-refractivity contribution is 0.134. The number of carbonyl (C=O) groups is 2. The molecular weight excluding hydrogens is 456 g/mol. The summed E-state index contributed by atoms with van der Waals surface area (Å²) in [6.45, 7) is 3.88. The Kier molecular flexibility index (Phi) is 8.98. The number of rotatable bonds is 6. The summed E-state index contributed by atoms with van der Waals surface area (Å²) in [5.41, 5.74) is 10.6. The second-order valence-electron chi connectivity index (χ2n) is 7.08. The molecule has 3 rings (SSSR count). The molecule has 35 heavy (non-hydrogen) atoms. The molecule has 0 saturated carbocycles. The predicted molar refractivity (Wildman–Crippen MR) is 129 cm³/mol. The van der Waals surface area contributed by atoms with Crippen LogP contribution in [0.1, 0.15) is 25.0 Å². The summed E-state index contributed by atoms with van der Waals surface area (Å²) in [6.07, 6.45) is -0.622. The van der Waals surface area contributed by atoms with E-state index in [4.69, 9.17) is 19.1 Å². The van der Waals surface area contributed by atoms with Crippen molar-refractivity contribution in [3.05, 3.63) is 47.5 Å². The lowest BCUT2D eigenvalue weighted by Gasteiger charge is -2.10. The number of nitrogens with one attached hydrogen (secondary N) is 4. The summed E-state index contributed by atoms with van der Waals surface area (Å²) in [6, 6.07) is 11.5. The summed E-state index contributed by atoms with van der Waals surface area (Å²) in [5, 5.41) is 4.98. The van der Waals surface area contributed by atoms with Gasteiger partial charge in [0.15, 0.2) is 0 Å². The van der Waals surface area contributed by atoms with Gasteiger partial charge in [0.1, 0.15) is 0 Å². The van der Waals surface area contributed by atoms with Crippen molar-refractivity contribution in [2.24, 2.45) is 9.98 Å². The first-order valence-corrected chi connectivity index (χ1v) is 10.9.